The van der Waals surface area contributed by atoms with E-state index >= 15 is 0 Å². The van der Waals surface area contributed by atoms with Crippen molar-refractivity contribution in [3.05, 3.63) is 22.2 Å². The van der Waals surface area contributed by atoms with Gasteiger partial charge in [-0.25, -0.2) is 0 Å². The summed E-state index contributed by atoms with van der Waals surface area (Å²) in [6.07, 6.45) is 0. The molecule has 0 aliphatic heterocycles. The first kappa shape index (κ1) is 14.5. The second-order valence-corrected chi connectivity index (χ2v) is 6.30. The molecule has 0 aliphatic rings. The van der Waals surface area contributed by atoms with Gasteiger partial charge in [-0.1, -0.05) is 44.0 Å². The average Bonchev–Trinajstić information content (AvgIpc) is 2.13. The van der Waals surface area contributed by atoms with Crippen LogP contribution in [0.3, 0.4) is 0 Å². The zero-order valence-electron chi connectivity index (χ0n) is 11.0. The van der Waals surface area contributed by atoms with E-state index in [0.29, 0.717) is 21.8 Å². The standard InChI is InChI=1S/C13H20Cl2N2/c1-8(13(2,3)4)17(5)12-10(14)6-9(16)7-11(12)15/h6-8H,16H2,1-5H3. The Bertz CT molecular complexity index is 387. The molecule has 1 unspecified atom stereocenters. The Balaban J connectivity index is 3.17. The molecule has 0 heterocycles. The number of rotatable bonds is 2. The van der Waals surface area contributed by atoms with Gasteiger partial charge in [0.15, 0.2) is 0 Å². The number of hydrogen-bond donors (Lipinski definition) is 1. The van der Waals surface area contributed by atoms with Crippen molar-refractivity contribution in [1.82, 2.24) is 0 Å². The van der Waals surface area contributed by atoms with Gasteiger partial charge in [-0.2, -0.15) is 0 Å². The van der Waals surface area contributed by atoms with Crippen molar-refractivity contribution in [2.45, 2.75) is 33.7 Å². The summed E-state index contributed by atoms with van der Waals surface area (Å²) in [7, 11) is 2.00. The Hall–Kier alpha value is -0.600. The van der Waals surface area contributed by atoms with E-state index in [1.165, 1.54) is 0 Å². The average molecular weight is 275 g/mol. The zero-order valence-corrected chi connectivity index (χ0v) is 12.5. The first-order chi connectivity index (χ1) is 7.64. The molecule has 0 spiro atoms. The van der Waals surface area contributed by atoms with Crippen LogP contribution in [-0.2, 0) is 0 Å². The van der Waals surface area contributed by atoms with Gasteiger partial charge >= 0.3 is 0 Å². The molecule has 0 fully saturated rings. The quantitative estimate of drug-likeness (QED) is 0.808. The van der Waals surface area contributed by atoms with E-state index in [1.54, 1.807) is 12.1 Å². The lowest BCUT2D eigenvalue weighted by atomic mass is 9.87. The van der Waals surface area contributed by atoms with Gasteiger partial charge in [0.2, 0.25) is 0 Å². The lowest BCUT2D eigenvalue weighted by Crippen LogP contribution is -2.39. The molecule has 0 radical (unpaired) electrons. The molecule has 2 nitrogen and oxygen atoms in total. The summed E-state index contributed by atoms with van der Waals surface area (Å²) in [5.41, 5.74) is 7.27. The fourth-order valence-electron chi connectivity index (χ4n) is 1.70. The predicted molar refractivity (Wildman–Crippen MR) is 78.2 cm³/mol. The molecule has 0 saturated heterocycles. The predicted octanol–water partition coefficient (Wildman–Crippen LogP) is 4.45. The summed E-state index contributed by atoms with van der Waals surface area (Å²) >= 11 is 12.4. The van der Waals surface area contributed by atoms with Crippen LogP contribution in [0.5, 0.6) is 0 Å². The molecule has 0 aromatic heterocycles. The summed E-state index contributed by atoms with van der Waals surface area (Å²) in [6, 6.07) is 3.77. The number of anilines is 2. The van der Waals surface area contributed by atoms with Gasteiger partial charge in [-0.3, -0.25) is 0 Å². The van der Waals surface area contributed by atoms with Crippen molar-refractivity contribution in [3.63, 3.8) is 0 Å². The van der Waals surface area contributed by atoms with Crippen LogP contribution in [0.1, 0.15) is 27.7 Å². The van der Waals surface area contributed by atoms with Gasteiger partial charge in [-0.05, 0) is 24.5 Å². The summed E-state index contributed by atoms with van der Waals surface area (Å²) in [4.78, 5) is 2.10. The maximum atomic E-state index is 6.22. The molecule has 4 heteroatoms. The second-order valence-electron chi connectivity index (χ2n) is 5.49. The van der Waals surface area contributed by atoms with E-state index in [9.17, 15) is 0 Å². The van der Waals surface area contributed by atoms with Crippen LogP contribution in [0.2, 0.25) is 10.0 Å². The maximum absolute atomic E-state index is 6.22. The van der Waals surface area contributed by atoms with Crippen molar-refractivity contribution < 1.29 is 0 Å². The zero-order chi connectivity index (χ0) is 13.4. The van der Waals surface area contributed by atoms with Crippen molar-refractivity contribution in [3.8, 4) is 0 Å². The lowest BCUT2D eigenvalue weighted by Gasteiger charge is -2.37. The van der Waals surface area contributed by atoms with Gasteiger partial charge < -0.3 is 10.6 Å². The molecular weight excluding hydrogens is 255 g/mol. The Morgan fingerprint density at radius 1 is 1.18 bits per heavy atom. The smallest absolute Gasteiger partial charge is 0.0746 e. The minimum absolute atomic E-state index is 0.142. The molecule has 0 bridgehead atoms. The molecule has 0 saturated carbocycles. The molecule has 96 valence electrons. The van der Waals surface area contributed by atoms with E-state index in [-0.39, 0.29) is 5.41 Å². The molecule has 0 aliphatic carbocycles. The fraction of sp³-hybridized carbons (Fsp3) is 0.538. The van der Waals surface area contributed by atoms with E-state index in [1.807, 2.05) is 7.05 Å². The van der Waals surface area contributed by atoms with E-state index in [4.69, 9.17) is 28.9 Å². The summed E-state index contributed by atoms with van der Waals surface area (Å²) in [5.74, 6) is 0. The van der Waals surface area contributed by atoms with Crippen molar-refractivity contribution >= 4 is 34.6 Å². The number of benzene rings is 1. The highest BCUT2D eigenvalue weighted by molar-refractivity contribution is 6.39. The van der Waals surface area contributed by atoms with Crippen LogP contribution < -0.4 is 10.6 Å². The van der Waals surface area contributed by atoms with Crippen LogP contribution in [0, 0.1) is 5.41 Å². The van der Waals surface area contributed by atoms with Gasteiger partial charge in [0, 0.05) is 18.8 Å². The molecular formula is C13H20Cl2N2. The second kappa shape index (κ2) is 4.95. The fourth-order valence-corrected chi connectivity index (χ4v) is 2.47. The largest absolute Gasteiger partial charge is 0.399 e. The van der Waals surface area contributed by atoms with Crippen LogP contribution >= 0.6 is 23.2 Å². The van der Waals surface area contributed by atoms with Crippen molar-refractivity contribution in [1.29, 1.82) is 0 Å². The highest BCUT2D eigenvalue weighted by Gasteiger charge is 2.26. The van der Waals surface area contributed by atoms with Gasteiger partial charge in [0.25, 0.3) is 0 Å². The minimum Gasteiger partial charge on any atom is -0.399 e. The van der Waals surface area contributed by atoms with Gasteiger partial charge in [0.05, 0.1) is 15.7 Å². The van der Waals surface area contributed by atoms with Crippen molar-refractivity contribution in [2.24, 2.45) is 5.41 Å². The van der Waals surface area contributed by atoms with Crippen LogP contribution in [-0.4, -0.2) is 13.1 Å². The van der Waals surface area contributed by atoms with E-state index in [0.717, 1.165) is 5.69 Å². The topological polar surface area (TPSA) is 29.3 Å². The van der Waals surface area contributed by atoms with E-state index in [2.05, 4.69) is 32.6 Å². The molecule has 0 amide bonds. The van der Waals surface area contributed by atoms with Gasteiger partial charge in [-0.15, -0.1) is 0 Å². The Labute approximate surface area is 114 Å². The third-order valence-corrected chi connectivity index (χ3v) is 3.80. The molecule has 17 heavy (non-hydrogen) atoms. The first-order valence-corrected chi connectivity index (χ1v) is 6.37. The summed E-state index contributed by atoms with van der Waals surface area (Å²) in [5, 5.41) is 1.18. The Kier molecular flexibility index (Phi) is 4.21. The lowest BCUT2D eigenvalue weighted by molar-refractivity contribution is 0.330. The number of nitrogens with zero attached hydrogens (tertiary/aromatic N) is 1. The van der Waals surface area contributed by atoms with Crippen LogP contribution in [0.15, 0.2) is 12.1 Å². The Morgan fingerprint density at radius 2 is 1.59 bits per heavy atom. The molecule has 2 N–H and O–H groups in total. The molecule has 1 aromatic rings. The molecule has 1 atom stereocenters. The van der Waals surface area contributed by atoms with Crippen LogP contribution in [0.4, 0.5) is 11.4 Å². The molecule has 1 rings (SSSR count). The number of nitrogens with two attached hydrogens (primary N) is 1. The first-order valence-electron chi connectivity index (χ1n) is 5.62. The highest BCUT2D eigenvalue weighted by Crippen LogP contribution is 2.38. The summed E-state index contributed by atoms with van der Waals surface area (Å²) in [6.45, 7) is 8.72. The number of halogens is 2. The Morgan fingerprint density at radius 3 is 1.94 bits per heavy atom. The number of nitrogen functional groups attached to an aromatic ring is 1. The minimum atomic E-state index is 0.142. The normalized spacial score (nSPS) is 13.6. The third-order valence-electron chi connectivity index (χ3n) is 3.23. The summed E-state index contributed by atoms with van der Waals surface area (Å²) < 4.78 is 0. The number of hydrogen-bond acceptors (Lipinski definition) is 2. The van der Waals surface area contributed by atoms with Crippen molar-refractivity contribution in [2.75, 3.05) is 17.7 Å². The molecule has 1 aromatic carbocycles. The van der Waals surface area contributed by atoms with E-state index < -0.39 is 0 Å². The van der Waals surface area contributed by atoms with Gasteiger partial charge in [0.1, 0.15) is 0 Å². The third kappa shape index (κ3) is 3.20. The van der Waals surface area contributed by atoms with Crippen LogP contribution in [0.25, 0.3) is 0 Å². The highest BCUT2D eigenvalue weighted by atomic mass is 35.5. The maximum Gasteiger partial charge on any atom is 0.0746 e. The SMILES string of the molecule is CC(N(C)c1c(Cl)cc(N)cc1Cl)C(C)(C)C. The monoisotopic (exact) mass is 274 g/mol.